The zero-order valence-corrected chi connectivity index (χ0v) is 18.9. The zero-order valence-electron chi connectivity index (χ0n) is 18.9. The van der Waals surface area contributed by atoms with E-state index in [-0.39, 0.29) is 29.9 Å². The first kappa shape index (κ1) is 24.5. The van der Waals surface area contributed by atoms with Crippen molar-refractivity contribution in [3.05, 3.63) is 17.5 Å². The van der Waals surface area contributed by atoms with E-state index < -0.39 is 35.4 Å². The van der Waals surface area contributed by atoms with Gasteiger partial charge >= 0.3 is 0 Å². The highest BCUT2D eigenvalue weighted by atomic mass is 16.6. The van der Waals surface area contributed by atoms with Crippen LogP contribution in [0.15, 0.2) is 10.6 Å². The fourth-order valence-corrected chi connectivity index (χ4v) is 3.07. The summed E-state index contributed by atoms with van der Waals surface area (Å²) in [5.74, 6) is -1.29. The van der Waals surface area contributed by atoms with Gasteiger partial charge in [0.15, 0.2) is 11.5 Å². The Kier molecular flexibility index (Phi) is 7.94. The van der Waals surface area contributed by atoms with Gasteiger partial charge in [0.25, 0.3) is 5.91 Å². The van der Waals surface area contributed by atoms with Crippen LogP contribution < -0.4 is 16.0 Å². The first-order chi connectivity index (χ1) is 14.4. The molecule has 1 unspecified atom stereocenters. The van der Waals surface area contributed by atoms with Crippen molar-refractivity contribution >= 4 is 23.5 Å². The van der Waals surface area contributed by atoms with E-state index in [1.54, 1.807) is 27.7 Å². The third-order valence-electron chi connectivity index (χ3n) is 4.98. The lowest BCUT2D eigenvalue weighted by atomic mass is 9.93. The number of ether oxygens (including phenoxy) is 1. The summed E-state index contributed by atoms with van der Waals surface area (Å²) in [7, 11) is 0. The summed E-state index contributed by atoms with van der Waals surface area (Å²) in [4.78, 5) is 49.9. The molecular weight excluding hydrogens is 404 g/mol. The van der Waals surface area contributed by atoms with Crippen LogP contribution in [-0.4, -0.2) is 59.5 Å². The fourth-order valence-electron chi connectivity index (χ4n) is 3.07. The molecule has 0 radical (unpaired) electrons. The van der Waals surface area contributed by atoms with Crippen LogP contribution in [0.1, 0.15) is 57.3 Å². The van der Waals surface area contributed by atoms with Gasteiger partial charge < -0.3 is 25.2 Å². The van der Waals surface area contributed by atoms with Gasteiger partial charge in [-0.1, -0.05) is 32.9 Å². The summed E-state index contributed by atoms with van der Waals surface area (Å²) in [6, 6.07) is -0.0920. The lowest BCUT2D eigenvalue weighted by Gasteiger charge is -2.23. The molecule has 3 amide bonds. The van der Waals surface area contributed by atoms with Gasteiger partial charge in [0.05, 0.1) is 19.2 Å². The van der Waals surface area contributed by atoms with Crippen LogP contribution in [0.2, 0.25) is 0 Å². The lowest BCUT2D eigenvalue weighted by molar-refractivity contribution is -0.131. The van der Waals surface area contributed by atoms with Gasteiger partial charge in [-0.25, -0.2) is 0 Å². The summed E-state index contributed by atoms with van der Waals surface area (Å²) < 4.78 is 10.1. The molecule has 2 heterocycles. The summed E-state index contributed by atoms with van der Waals surface area (Å²) in [5.41, 5.74) is -0.776. The van der Waals surface area contributed by atoms with Crippen molar-refractivity contribution in [2.45, 2.75) is 65.6 Å². The Bertz CT molecular complexity index is 828. The van der Waals surface area contributed by atoms with Crippen LogP contribution in [0.5, 0.6) is 0 Å². The van der Waals surface area contributed by atoms with Crippen LogP contribution >= 0.6 is 0 Å². The minimum atomic E-state index is -0.871. The van der Waals surface area contributed by atoms with E-state index in [9.17, 15) is 19.2 Å². The van der Waals surface area contributed by atoms with Crippen molar-refractivity contribution in [3.8, 4) is 0 Å². The number of ketones is 1. The molecule has 0 aromatic carbocycles. The Labute approximate surface area is 181 Å². The van der Waals surface area contributed by atoms with Crippen LogP contribution in [0.3, 0.4) is 0 Å². The van der Waals surface area contributed by atoms with Crippen molar-refractivity contribution < 1.29 is 28.4 Å². The predicted molar refractivity (Wildman–Crippen MR) is 111 cm³/mol. The molecule has 3 atom stereocenters. The molecule has 1 fully saturated rings. The smallest absolute Gasteiger partial charge is 0.274 e. The van der Waals surface area contributed by atoms with Crippen molar-refractivity contribution in [3.63, 3.8) is 0 Å². The zero-order chi connectivity index (χ0) is 23.3. The molecule has 0 spiro atoms. The molecule has 1 aliphatic heterocycles. The second-order valence-electron chi connectivity index (χ2n) is 8.87. The highest BCUT2D eigenvalue weighted by molar-refractivity contribution is 5.98. The van der Waals surface area contributed by atoms with E-state index in [2.05, 4.69) is 21.1 Å². The minimum Gasteiger partial charge on any atom is -0.361 e. The standard InChI is InChI=1S/C21H32N4O6/c1-11(2)7-14(18(27)21(6)10-30-21)23-16(26)9-22-20(29)17(12(3)4)24-19(28)15-8-13(5)31-25-15/h8,11-12,14,17H,7,9-10H2,1-6H3,(H,22,29)(H,23,26)(H,24,28)/t14-,17?,21+/m0/s1. The van der Waals surface area contributed by atoms with Crippen LogP contribution in [0.25, 0.3) is 0 Å². The Morgan fingerprint density at radius 1 is 1.16 bits per heavy atom. The number of hydrogen-bond acceptors (Lipinski definition) is 7. The SMILES string of the molecule is Cc1cc(C(=O)NC(C(=O)NCC(=O)N[C@@H](CC(C)C)C(=O)[C@@]2(C)CO2)C(C)C)no1. The van der Waals surface area contributed by atoms with Gasteiger partial charge in [-0.2, -0.15) is 0 Å². The van der Waals surface area contributed by atoms with Gasteiger partial charge in [0.2, 0.25) is 11.8 Å². The van der Waals surface area contributed by atoms with Crippen molar-refractivity contribution in [1.29, 1.82) is 0 Å². The van der Waals surface area contributed by atoms with E-state index in [1.807, 2.05) is 13.8 Å². The molecule has 172 valence electrons. The van der Waals surface area contributed by atoms with Crippen LogP contribution in [-0.2, 0) is 19.1 Å². The molecule has 31 heavy (non-hydrogen) atoms. The Morgan fingerprint density at radius 2 is 1.81 bits per heavy atom. The van der Waals surface area contributed by atoms with E-state index in [0.717, 1.165) is 0 Å². The Balaban J connectivity index is 1.92. The van der Waals surface area contributed by atoms with Crippen LogP contribution in [0.4, 0.5) is 0 Å². The summed E-state index contributed by atoms with van der Waals surface area (Å²) in [6.07, 6.45) is 0.471. The van der Waals surface area contributed by atoms with Gasteiger partial charge in [-0.15, -0.1) is 0 Å². The number of hydrogen-bond donors (Lipinski definition) is 3. The van der Waals surface area contributed by atoms with Gasteiger partial charge in [-0.3, -0.25) is 19.2 Å². The highest BCUT2D eigenvalue weighted by Gasteiger charge is 2.50. The van der Waals surface area contributed by atoms with Crippen molar-refractivity contribution in [2.24, 2.45) is 11.8 Å². The average molecular weight is 437 g/mol. The van der Waals surface area contributed by atoms with Gasteiger partial charge in [0, 0.05) is 6.07 Å². The molecule has 10 heteroatoms. The molecule has 0 aliphatic carbocycles. The van der Waals surface area contributed by atoms with Gasteiger partial charge in [0.1, 0.15) is 17.4 Å². The number of carbonyl (C=O) groups is 4. The number of nitrogens with zero attached hydrogens (tertiary/aromatic N) is 1. The molecule has 1 saturated heterocycles. The van der Waals surface area contributed by atoms with Crippen LogP contribution in [0, 0.1) is 18.8 Å². The number of carbonyl (C=O) groups excluding carboxylic acids is 4. The normalized spacial score (nSPS) is 19.6. The number of amides is 3. The molecule has 1 aromatic rings. The third-order valence-corrected chi connectivity index (χ3v) is 4.98. The van der Waals surface area contributed by atoms with Gasteiger partial charge in [-0.05, 0) is 32.1 Å². The summed E-state index contributed by atoms with van der Waals surface area (Å²) >= 11 is 0. The third kappa shape index (κ3) is 6.88. The number of Topliss-reactive ketones (excluding diaryl/α,β-unsaturated/α-hetero) is 1. The number of rotatable bonds is 11. The maximum absolute atomic E-state index is 12.6. The van der Waals surface area contributed by atoms with Crippen molar-refractivity contribution in [1.82, 2.24) is 21.1 Å². The average Bonchev–Trinajstić information content (AvgIpc) is 3.28. The second kappa shape index (κ2) is 10.0. The molecule has 1 aromatic heterocycles. The number of epoxide rings is 1. The number of aryl methyl sites for hydroxylation is 1. The monoisotopic (exact) mass is 436 g/mol. The molecule has 2 rings (SSSR count). The molecular formula is C21H32N4O6. The second-order valence-corrected chi connectivity index (χ2v) is 8.87. The topological polar surface area (TPSA) is 143 Å². The first-order valence-electron chi connectivity index (χ1n) is 10.4. The highest BCUT2D eigenvalue weighted by Crippen LogP contribution is 2.29. The Hall–Kier alpha value is -2.75. The fraction of sp³-hybridized carbons (Fsp3) is 0.667. The summed E-state index contributed by atoms with van der Waals surface area (Å²) in [6.45, 7) is 10.8. The molecule has 10 nitrogen and oxygen atoms in total. The number of aromatic nitrogens is 1. The maximum Gasteiger partial charge on any atom is 0.274 e. The summed E-state index contributed by atoms with van der Waals surface area (Å²) in [5, 5.41) is 11.5. The van der Waals surface area contributed by atoms with E-state index in [0.29, 0.717) is 18.8 Å². The first-order valence-corrected chi connectivity index (χ1v) is 10.4. The largest absolute Gasteiger partial charge is 0.361 e. The number of nitrogens with one attached hydrogen (secondary N) is 3. The quantitative estimate of drug-likeness (QED) is 0.434. The maximum atomic E-state index is 12.6. The molecule has 0 bridgehead atoms. The predicted octanol–water partition coefficient (Wildman–Crippen LogP) is 0.743. The minimum absolute atomic E-state index is 0.0690. The van der Waals surface area contributed by atoms with Crippen molar-refractivity contribution in [2.75, 3.05) is 13.2 Å². The molecule has 0 saturated carbocycles. The van der Waals surface area contributed by atoms with E-state index >= 15 is 0 Å². The molecule has 1 aliphatic rings. The van der Waals surface area contributed by atoms with E-state index in [4.69, 9.17) is 9.26 Å². The lowest BCUT2D eigenvalue weighted by Crippen LogP contribution is -2.53. The molecule has 3 N–H and O–H groups in total. The van der Waals surface area contributed by atoms with E-state index in [1.165, 1.54) is 6.07 Å². The Morgan fingerprint density at radius 3 is 2.29 bits per heavy atom.